The molecule has 2 amide bonds. The summed E-state index contributed by atoms with van der Waals surface area (Å²) in [5.74, 6) is -0.976. The number of pyridine rings is 1. The number of rotatable bonds is 9. The monoisotopic (exact) mass is 528 g/mol. The summed E-state index contributed by atoms with van der Waals surface area (Å²) in [7, 11) is 0. The van der Waals surface area contributed by atoms with Crippen molar-refractivity contribution in [1.29, 1.82) is 5.26 Å². The van der Waals surface area contributed by atoms with Crippen LogP contribution in [0.2, 0.25) is 0 Å². The summed E-state index contributed by atoms with van der Waals surface area (Å²) in [5, 5.41) is 13.0. The van der Waals surface area contributed by atoms with Crippen LogP contribution in [0.25, 0.3) is 11.1 Å². The van der Waals surface area contributed by atoms with E-state index in [2.05, 4.69) is 16.4 Å². The van der Waals surface area contributed by atoms with Crippen molar-refractivity contribution >= 4 is 17.5 Å². The summed E-state index contributed by atoms with van der Waals surface area (Å²) in [6.45, 7) is 5.70. The molecule has 4 aromatic rings. The van der Waals surface area contributed by atoms with Gasteiger partial charge >= 0.3 is 0 Å². The zero-order valence-electron chi connectivity index (χ0n) is 22.9. The third-order valence-electron chi connectivity index (χ3n) is 6.49. The molecule has 1 unspecified atom stereocenters. The van der Waals surface area contributed by atoms with Crippen molar-refractivity contribution in [3.05, 3.63) is 132 Å². The standard InChI is InChI=1S/C34H32N4O2/c1-24(2)21-30(22-35)34(40)38(31-18-16-28(17-19-31)27-13-8-5-9-14-27)32(29-15-10-20-36-23-29)33(39)37-25(3)26-11-6-4-7-12-26/h4-21,23-25,32H,1-3H3,(H,37,39)/b30-21+/t25-,32?/m0/s1. The van der Waals surface area contributed by atoms with Crippen LogP contribution >= 0.6 is 0 Å². The maximum atomic E-state index is 14.1. The number of nitrogens with one attached hydrogen (secondary N) is 1. The molecule has 0 aliphatic rings. The molecule has 200 valence electrons. The Morgan fingerprint density at radius 3 is 2.00 bits per heavy atom. The van der Waals surface area contributed by atoms with E-state index in [0.29, 0.717) is 11.3 Å². The molecule has 0 aliphatic heterocycles. The average molecular weight is 529 g/mol. The average Bonchev–Trinajstić information content (AvgIpc) is 2.99. The summed E-state index contributed by atoms with van der Waals surface area (Å²) in [6, 6.07) is 31.1. The highest BCUT2D eigenvalue weighted by atomic mass is 16.2. The summed E-state index contributed by atoms with van der Waals surface area (Å²) >= 11 is 0. The lowest BCUT2D eigenvalue weighted by molar-refractivity contribution is -0.126. The van der Waals surface area contributed by atoms with Gasteiger partial charge in [-0.15, -0.1) is 0 Å². The first-order chi connectivity index (χ1) is 19.4. The van der Waals surface area contributed by atoms with E-state index in [1.165, 1.54) is 4.90 Å². The first-order valence-corrected chi connectivity index (χ1v) is 13.2. The lowest BCUT2D eigenvalue weighted by atomic mass is 10.00. The molecule has 0 saturated heterocycles. The quantitative estimate of drug-likeness (QED) is 0.191. The molecule has 1 heterocycles. The van der Waals surface area contributed by atoms with Gasteiger partial charge in [-0.1, -0.05) is 98.8 Å². The van der Waals surface area contributed by atoms with Crippen molar-refractivity contribution in [3.8, 4) is 17.2 Å². The summed E-state index contributed by atoms with van der Waals surface area (Å²) < 4.78 is 0. The predicted molar refractivity (Wildman–Crippen MR) is 158 cm³/mol. The van der Waals surface area contributed by atoms with Crippen molar-refractivity contribution in [1.82, 2.24) is 10.3 Å². The molecule has 0 aliphatic carbocycles. The molecule has 6 heteroatoms. The van der Waals surface area contributed by atoms with E-state index in [0.717, 1.165) is 16.7 Å². The second-order valence-corrected chi connectivity index (χ2v) is 9.85. The number of anilines is 1. The van der Waals surface area contributed by atoms with Gasteiger partial charge in [0.2, 0.25) is 5.91 Å². The summed E-state index contributed by atoms with van der Waals surface area (Å²) in [5.41, 5.74) is 3.93. The van der Waals surface area contributed by atoms with E-state index in [9.17, 15) is 14.9 Å². The highest BCUT2D eigenvalue weighted by Crippen LogP contribution is 2.32. The Morgan fingerprint density at radius 2 is 1.43 bits per heavy atom. The minimum absolute atomic E-state index is 0.0278. The largest absolute Gasteiger partial charge is 0.347 e. The van der Waals surface area contributed by atoms with Gasteiger partial charge in [0.25, 0.3) is 5.91 Å². The number of nitriles is 1. The fourth-order valence-corrected chi connectivity index (χ4v) is 4.52. The first kappa shape index (κ1) is 28.0. The third-order valence-corrected chi connectivity index (χ3v) is 6.49. The van der Waals surface area contributed by atoms with Gasteiger partial charge in [0, 0.05) is 23.6 Å². The van der Waals surface area contributed by atoms with Crippen LogP contribution in [-0.2, 0) is 9.59 Å². The zero-order valence-corrected chi connectivity index (χ0v) is 22.9. The van der Waals surface area contributed by atoms with Gasteiger partial charge in [0.05, 0.1) is 6.04 Å². The highest BCUT2D eigenvalue weighted by Gasteiger charge is 2.35. The van der Waals surface area contributed by atoms with E-state index >= 15 is 0 Å². The number of allylic oxidation sites excluding steroid dienone is 1. The predicted octanol–water partition coefficient (Wildman–Crippen LogP) is 6.81. The molecule has 0 saturated carbocycles. The van der Waals surface area contributed by atoms with Crippen LogP contribution in [0.5, 0.6) is 0 Å². The normalized spacial score (nSPS) is 12.7. The molecule has 0 bridgehead atoms. The van der Waals surface area contributed by atoms with Gasteiger partial charge in [0.15, 0.2) is 0 Å². The summed E-state index contributed by atoms with van der Waals surface area (Å²) in [6.07, 6.45) is 4.82. The molecule has 1 aromatic heterocycles. The molecule has 0 fully saturated rings. The fourth-order valence-electron chi connectivity index (χ4n) is 4.52. The topological polar surface area (TPSA) is 86.1 Å². The Bertz CT molecular complexity index is 1490. The smallest absolute Gasteiger partial charge is 0.269 e. The van der Waals surface area contributed by atoms with Crippen LogP contribution in [0.1, 0.15) is 44.0 Å². The molecule has 0 radical (unpaired) electrons. The lowest BCUT2D eigenvalue weighted by Gasteiger charge is -2.32. The van der Waals surface area contributed by atoms with E-state index in [-0.39, 0.29) is 23.4 Å². The van der Waals surface area contributed by atoms with Crippen molar-refractivity contribution in [2.75, 3.05) is 4.90 Å². The highest BCUT2D eigenvalue weighted by molar-refractivity contribution is 6.12. The Labute approximate surface area is 235 Å². The second-order valence-electron chi connectivity index (χ2n) is 9.85. The van der Waals surface area contributed by atoms with Crippen LogP contribution < -0.4 is 10.2 Å². The summed E-state index contributed by atoms with van der Waals surface area (Å²) in [4.78, 5) is 33.7. The maximum absolute atomic E-state index is 14.1. The van der Waals surface area contributed by atoms with Gasteiger partial charge in [0.1, 0.15) is 17.7 Å². The minimum atomic E-state index is -1.07. The van der Waals surface area contributed by atoms with Crippen LogP contribution in [-0.4, -0.2) is 16.8 Å². The SMILES string of the molecule is CC(C)/C=C(\C#N)C(=O)N(c1ccc(-c2ccccc2)cc1)C(C(=O)N[C@@H](C)c1ccccc1)c1cccnc1. The Kier molecular flexibility index (Phi) is 9.22. The van der Waals surface area contributed by atoms with Crippen LogP contribution in [0.4, 0.5) is 5.69 Å². The molecular formula is C34H32N4O2. The maximum Gasteiger partial charge on any atom is 0.269 e. The Balaban J connectivity index is 1.82. The van der Waals surface area contributed by atoms with Gasteiger partial charge in [-0.2, -0.15) is 5.26 Å². The fraction of sp³-hybridized carbons (Fsp3) is 0.176. The van der Waals surface area contributed by atoms with Crippen LogP contribution in [0.3, 0.4) is 0 Å². The van der Waals surface area contributed by atoms with Crippen molar-refractivity contribution in [2.24, 2.45) is 5.92 Å². The molecule has 0 spiro atoms. The molecule has 6 nitrogen and oxygen atoms in total. The van der Waals surface area contributed by atoms with Gasteiger partial charge < -0.3 is 5.32 Å². The molecule has 4 rings (SSSR count). The Hall–Kier alpha value is -5.02. The number of aromatic nitrogens is 1. The Morgan fingerprint density at radius 1 is 0.825 bits per heavy atom. The molecule has 2 atom stereocenters. The van der Waals surface area contributed by atoms with Crippen molar-refractivity contribution in [3.63, 3.8) is 0 Å². The van der Waals surface area contributed by atoms with E-state index in [1.807, 2.05) is 106 Å². The number of hydrogen-bond acceptors (Lipinski definition) is 4. The van der Waals surface area contributed by atoms with Gasteiger partial charge in [-0.3, -0.25) is 19.5 Å². The third kappa shape index (κ3) is 6.69. The molecule has 3 aromatic carbocycles. The number of nitrogens with zero attached hydrogens (tertiary/aromatic N) is 3. The number of hydrogen-bond donors (Lipinski definition) is 1. The van der Waals surface area contributed by atoms with Crippen LogP contribution in [0, 0.1) is 17.2 Å². The number of benzene rings is 3. The number of carbonyl (C=O) groups excluding carboxylic acids is 2. The first-order valence-electron chi connectivity index (χ1n) is 13.2. The molecular weight excluding hydrogens is 496 g/mol. The van der Waals surface area contributed by atoms with Crippen molar-refractivity contribution < 1.29 is 9.59 Å². The lowest BCUT2D eigenvalue weighted by Crippen LogP contribution is -2.45. The van der Waals surface area contributed by atoms with E-state index in [1.54, 1.807) is 30.6 Å². The van der Waals surface area contributed by atoms with E-state index < -0.39 is 11.9 Å². The van der Waals surface area contributed by atoms with E-state index in [4.69, 9.17) is 0 Å². The zero-order chi connectivity index (χ0) is 28.5. The van der Waals surface area contributed by atoms with Gasteiger partial charge in [-0.25, -0.2) is 0 Å². The molecule has 40 heavy (non-hydrogen) atoms. The van der Waals surface area contributed by atoms with Gasteiger partial charge in [-0.05, 0) is 47.7 Å². The minimum Gasteiger partial charge on any atom is -0.347 e. The second kappa shape index (κ2) is 13.2. The van der Waals surface area contributed by atoms with Crippen molar-refractivity contribution in [2.45, 2.75) is 32.9 Å². The van der Waals surface area contributed by atoms with Crippen LogP contribution in [0.15, 0.2) is 121 Å². The molecule has 1 N–H and O–H groups in total. The number of carbonyl (C=O) groups is 2. The number of amides is 2.